The van der Waals surface area contributed by atoms with E-state index in [1.807, 2.05) is 6.92 Å². The Morgan fingerprint density at radius 2 is 2.18 bits per heavy atom. The molecule has 0 atom stereocenters. The number of H-pyrrole nitrogens is 1. The Balaban J connectivity index is 1.80. The molecule has 0 radical (unpaired) electrons. The van der Waals surface area contributed by atoms with E-state index in [-0.39, 0.29) is 5.56 Å². The summed E-state index contributed by atoms with van der Waals surface area (Å²) >= 11 is 1.65. The number of nitrogens with zero attached hydrogens (tertiary/aromatic N) is 4. The molecule has 0 amide bonds. The molecule has 22 heavy (non-hydrogen) atoms. The Kier molecular flexibility index (Phi) is 2.97. The van der Waals surface area contributed by atoms with Crippen molar-refractivity contribution in [2.75, 3.05) is 11.4 Å². The zero-order chi connectivity index (χ0) is 15.3. The Morgan fingerprint density at radius 3 is 3.05 bits per heavy atom. The van der Waals surface area contributed by atoms with E-state index < -0.39 is 0 Å². The van der Waals surface area contributed by atoms with Crippen molar-refractivity contribution in [2.45, 2.75) is 26.8 Å². The number of thiophene rings is 1. The first-order chi connectivity index (χ1) is 10.6. The van der Waals surface area contributed by atoms with Crippen LogP contribution >= 0.6 is 11.3 Å². The van der Waals surface area contributed by atoms with E-state index in [4.69, 9.17) is 0 Å². The molecule has 1 aliphatic heterocycles. The highest BCUT2D eigenvalue weighted by atomic mass is 32.1. The van der Waals surface area contributed by atoms with Gasteiger partial charge in [-0.3, -0.25) is 4.79 Å². The third kappa shape index (κ3) is 2.00. The summed E-state index contributed by atoms with van der Waals surface area (Å²) in [4.78, 5) is 30.4. The summed E-state index contributed by atoms with van der Waals surface area (Å²) in [6, 6.07) is 0. The van der Waals surface area contributed by atoms with Gasteiger partial charge in [0.15, 0.2) is 0 Å². The lowest BCUT2D eigenvalue weighted by Gasteiger charge is -2.28. The fourth-order valence-electron chi connectivity index (χ4n) is 2.91. The van der Waals surface area contributed by atoms with E-state index >= 15 is 0 Å². The minimum absolute atomic E-state index is 0.0418. The van der Waals surface area contributed by atoms with E-state index in [0.29, 0.717) is 12.4 Å². The van der Waals surface area contributed by atoms with Gasteiger partial charge in [-0.1, -0.05) is 0 Å². The highest BCUT2D eigenvalue weighted by Crippen LogP contribution is 2.32. The number of hydrogen-bond acceptors (Lipinski definition) is 6. The van der Waals surface area contributed by atoms with Crippen molar-refractivity contribution in [1.82, 2.24) is 19.9 Å². The van der Waals surface area contributed by atoms with Crippen molar-refractivity contribution in [3.63, 3.8) is 0 Å². The number of hydrogen-bond donors (Lipinski definition) is 1. The van der Waals surface area contributed by atoms with E-state index in [1.54, 1.807) is 17.7 Å². The van der Waals surface area contributed by atoms with Crippen LogP contribution in [0.2, 0.25) is 0 Å². The van der Waals surface area contributed by atoms with E-state index in [1.165, 1.54) is 0 Å². The maximum Gasteiger partial charge on any atom is 0.256 e. The zero-order valence-electron chi connectivity index (χ0n) is 12.4. The third-order valence-corrected chi connectivity index (χ3v) is 5.08. The number of aromatic nitrogens is 4. The van der Waals surface area contributed by atoms with Crippen molar-refractivity contribution in [3.05, 3.63) is 44.7 Å². The van der Waals surface area contributed by atoms with Gasteiger partial charge in [-0.25, -0.2) is 15.0 Å². The molecule has 0 fully saturated rings. The lowest BCUT2D eigenvalue weighted by molar-refractivity contribution is 0.686. The van der Waals surface area contributed by atoms with Gasteiger partial charge in [-0.15, -0.1) is 11.3 Å². The molecule has 6 nitrogen and oxygen atoms in total. The molecular formula is C15H15N5OS. The van der Waals surface area contributed by atoms with Gasteiger partial charge in [0.25, 0.3) is 5.56 Å². The predicted molar refractivity (Wildman–Crippen MR) is 86.5 cm³/mol. The highest BCUT2D eigenvalue weighted by Gasteiger charge is 2.23. The van der Waals surface area contributed by atoms with Crippen molar-refractivity contribution in [2.24, 2.45) is 0 Å². The quantitative estimate of drug-likeness (QED) is 0.743. The van der Waals surface area contributed by atoms with E-state index in [9.17, 15) is 4.79 Å². The molecule has 1 aliphatic rings. The van der Waals surface area contributed by atoms with Gasteiger partial charge in [0, 0.05) is 13.0 Å². The average molecular weight is 313 g/mol. The maximum atomic E-state index is 12.2. The molecular weight excluding hydrogens is 298 g/mol. The van der Waals surface area contributed by atoms with Gasteiger partial charge in [-0.2, -0.15) is 0 Å². The molecule has 1 N–H and O–H groups in total. The number of rotatable bonds is 1. The van der Waals surface area contributed by atoms with Gasteiger partial charge >= 0.3 is 0 Å². The number of fused-ring (bicyclic) bond motifs is 2. The van der Waals surface area contributed by atoms with Crippen LogP contribution in [0.3, 0.4) is 0 Å². The predicted octanol–water partition coefficient (Wildman–Crippen LogP) is 1.95. The molecule has 0 spiro atoms. The van der Waals surface area contributed by atoms with Gasteiger partial charge < -0.3 is 9.88 Å². The third-order valence-electron chi connectivity index (χ3n) is 4.00. The van der Waals surface area contributed by atoms with Crippen molar-refractivity contribution < 1.29 is 0 Å². The number of anilines is 1. The van der Waals surface area contributed by atoms with Crippen molar-refractivity contribution in [1.29, 1.82) is 0 Å². The van der Waals surface area contributed by atoms with Gasteiger partial charge in [0.2, 0.25) is 0 Å². The number of aromatic amines is 1. The smallest absolute Gasteiger partial charge is 0.256 e. The molecule has 112 valence electrons. The summed E-state index contributed by atoms with van der Waals surface area (Å²) in [5, 5.41) is 2.10. The molecule has 0 unspecified atom stereocenters. The molecule has 4 heterocycles. The Morgan fingerprint density at radius 1 is 1.32 bits per heavy atom. The lowest BCUT2D eigenvalue weighted by atomic mass is 10.1. The molecule has 0 aromatic carbocycles. The molecule has 0 bridgehead atoms. The minimum Gasteiger partial charge on any atom is -0.350 e. The summed E-state index contributed by atoms with van der Waals surface area (Å²) in [5.74, 6) is 1.59. The van der Waals surface area contributed by atoms with Crippen LogP contribution in [0.4, 0.5) is 5.82 Å². The van der Waals surface area contributed by atoms with Crippen LogP contribution in [-0.4, -0.2) is 26.5 Å². The summed E-state index contributed by atoms with van der Waals surface area (Å²) in [6.45, 7) is 5.22. The molecule has 0 saturated heterocycles. The molecule has 3 aromatic rings. The molecule has 3 aromatic heterocycles. The molecule has 4 rings (SSSR count). The SMILES string of the molecule is Cc1nc2c(c(=O)[nH]1)CN(c1ncnc3c(C)csc13)CC2. The second-order valence-electron chi connectivity index (χ2n) is 5.54. The van der Waals surface area contributed by atoms with Gasteiger partial charge in [-0.05, 0) is 24.8 Å². The number of aryl methyl sites for hydroxylation is 2. The van der Waals surface area contributed by atoms with Crippen LogP contribution in [0.15, 0.2) is 16.5 Å². The molecule has 0 aliphatic carbocycles. The van der Waals surface area contributed by atoms with Gasteiger partial charge in [0.1, 0.15) is 18.0 Å². The Labute approximate surface area is 130 Å². The topological polar surface area (TPSA) is 74.8 Å². The van der Waals surface area contributed by atoms with Crippen LogP contribution in [0, 0.1) is 13.8 Å². The molecule has 0 saturated carbocycles. The average Bonchev–Trinajstić information content (AvgIpc) is 2.89. The lowest BCUT2D eigenvalue weighted by Crippen LogP contribution is -2.36. The van der Waals surface area contributed by atoms with Crippen molar-refractivity contribution >= 4 is 27.4 Å². The Hall–Kier alpha value is -2.28. The van der Waals surface area contributed by atoms with E-state index in [0.717, 1.165) is 45.8 Å². The molecule has 7 heteroatoms. The second kappa shape index (κ2) is 4.88. The van der Waals surface area contributed by atoms with Crippen LogP contribution in [-0.2, 0) is 13.0 Å². The van der Waals surface area contributed by atoms with Crippen LogP contribution < -0.4 is 10.5 Å². The fourth-order valence-corrected chi connectivity index (χ4v) is 3.93. The summed E-state index contributed by atoms with van der Waals surface area (Å²) in [5.41, 5.74) is 3.77. The first kappa shape index (κ1) is 13.4. The largest absolute Gasteiger partial charge is 0.350 e. The van der Waals surface area contributed by atoms with Crippen LogP contribution in [0.1, 0.15) is 22.6 Å². The maximum absolute atomic E-state index is 12.2. The summed E-state index contributed by atoms with van der Waals surface area (Å²) < 4.78 is 1.08. The zero-order valence-corrected chi connectivity index (χ0v) is 13.2. The van der Waals surface area contributed by atoms with E-state index in [2.05, 4.69) is 37.1 Å². The minimum atomic E-state index is -0.0418. The first-order valence-corrected chi connectivity index (χ1v) is 8.04. The summed E-state index contributed by atoms with van der Waals surface area (Å²) in [7, 11) is 0. The van der Waals surface area contributed by atoms with Gasteiger partial charge in [0.05, 0.1) is 28.0 Å². The highest BCUT2D eigenvalue weighted by molar-refractivity contribution is 7.18. The van der Waals surface area contributed by atoms with Crippen LogP contribution in [0.25, 0.3) is 10.2 Å². The second-order valence-corrected chi connectivity index (χ2v) is 6.42. The summed E-state index contributed by atoms with van der Waals surface area (Å²) in [6.07, 6.45) is 2.36. The fraction of sp³-hybridized carbons (Fsp3) is 0.333. The van der Waals surface area contributed by atoms with Crippen molar-refractivity contribution in [3.8, 4) is 0 Å². The Bertz CT molecular complexity index is 929. The van der Waals surface area contributed by atoms with Crippen LogP contribution in [0.5, 0.6) is 0 Å². The first-order valence-electron chi connectivity index (χ1n) is 7.16. The normalized spacial score (nSPS) is 14.4. The monoisotopic (exact) mass is 313 g/mol. The standard InChI is InChI=1S/C15H15N5OS/c1-8-6-22-13-12(8)16-7-17-14(13)20-4-3-11-10(5-20)15(21)19-9(2)18-11/h6-7H,3-5H2,1-2H3,(H,18,19,21). The number of nitrogens with one attached hydrogen (secondary N) is 1.